The summed E-state index contributed by atoms with van der Waals surface area (Å²) >= 11 is 1.80. The van der Waals surface area contributed by atoms with Gasteiger partial charge in [0.1, 0.15) is 0 Å². The Labute approximate surface area is 125 Å². The van der Waals surface area contributed by atoms with Gasteiger partial charge in [0.05, 0.1) is 16.7 Å². The van der Waals surface area contributed by atoms with Gasteiger partial charge in [0, 0.05) is 4.88 Å². The van der Waals surface area contributed by atoms with Crippen LogP contribution in [0.1, 0.15) is 57.9 Å². The summed E-state index contributed by atoms with van der Waals surface area (Å²) in [6.07, 6.45) is 4.09. The van der Waals surface area contributed by atoms with E-state index in [1.165, 1.54) is 35.3 Å². The maximum Gasteiger partial charge on any atom is 0.0900 e. The molecular formula is C17H22N2S. The molecule has 1 aliphatic carbocycles. The largest absolute Gasteiger partial charge is 0.309 e. The second kappa shape index (κ2) is 5.66. The van der Waals surface area contributed by atoms with Gasteiger partial charge in [0.15, 0.2) is 0 Å². The molecule has 1 saturated carbocycles. The smallest absolute Gasteiger partial charge is 0.0900 e. The quantitative estimate of drug-likeness (QED) is 0.904. The number of nitrogens with one attached hydrogen (secondary N) is 1. The minimum Gasteiger partial charge on any atom is -0.309 e. The van der Waals surface area contributed by atoms with E-state index in [2.05, 4.69) is 48.4 Å². The Morgan fingerprint density at radius 2 is 2.10 bits per heavy atom. The molecule has 106 valence electrons. The fraction of sp³-hybridized carbons (Fsp3) is 0.471. The second-order valence-electron chi connectivity index (χ2n) is 5.70. The molecule has 1 unspecified atom stereocenters. The van der Waals surface area contributed by atoms with Crippen LogP contribution in [0.5, 0.6) is 0 Å². The molecule has 0 bridgehead atoms. The average molecular weight is 286 g/mol. The van der Waals surface area contributed by atoms with Crippen LogP contribution in [0.2, 0.25) is 0 Å². The molecule has 1 aliphatic rings. The van der Waals surface area contributed by atoms with Crippen molar-refractivity contribution in [1.29, 1.82) is 0 Å². The zero-order chi connectivity index (χ0) is 14.1. The fourth-order valence-electron chi connectivity index (χ4n) is 3.00. The van der Waals surface area contributed by atoms with Crippen LogP contribution in [-0.4, -0.2) is 12.0 Å². The molecule has 1 N–H and O–H groups in total. The van der Waals surface area contributed by atoms with E-state index in [9.17, 15) is 0 Å². The third-order valence-corrected chi connectivity index (χ3v) is 5.45. The fourth-order valence-corrected chi connectivity index (χ4v) is 4.06. The molecule has 0 radical (unpaired) electrons. The Hall–Kier alpha value is -1.19. The zero-order valence-corrected chi connectivity index (χ0v) is 13.3. The lowest BCUT2D eigenvalue weighted by Gasteiger charge is -2.27. The highest BCUT2D eigenvalue weighted by Crippen LogP contribution is 2.38. The lowest BCUT2D eigenvalue weighted by Crippen LogP contribution is -2.18. The SMILES string of the molecule is CNC(c1cccc(C2CCC2)c1)c1sc(C)nc1C. The number of rotatable bonds is 4. The third-order valence-electron chi connectivity index (χ3n) is 4.31. The van der Waals surface area contributed by atoms with E-state index in [-0.39, 0.29) is 6.04 Å². The van der Waals surface area contributed by atoms with E-state index < -0.39 is 0 Å². The van der Waals surface area contributed by atoms with E-state index >= 15 is 0 Å². The molecule has 2 aromatic rings. The Morgan fingerprint density at radius 3 is 2.65 bits per heavy atom. The van der Waals surface area contributed by atoms with Gasteiger partial charge in [-0.2, -0.15) is 0 Å². The lowest BCUT2D eigenvalue weighted by atomic mass is 9.79. The van der Waals surface area contributed by atoms with Crippen molar-refractivity contribution >= 4 is 11.3 Å². The molecule has 1 heterocycles. The molecule has 2 nitrogen and oxygen atoms in total. The van der Waals surface area contributed by atoms with Crippen molar-refractivity contribution in [3.05, 3.63) is 51.0 Å². The van der Waals surface area contributed by atoms with Crippen molar-refractivity contribution in [3.63, 3.8) is 0 Å². The van der Waals surface area contributed by atoms with Crippen LogP contribution in [0.3, 0.4) is 0 Å². The molecule has 20 heavy (non-hydrogen) atoms. The maximum absolute atomic E-state index is 4.57. The van der Waals surface area contributed by atoms with Crippen LogP contribution in [-0.2, 0) is 0 Å². The van der Waals surface area contributed by atoms with Crippen molar-refractivity contribution < 1.29 is 0 Å². The van der Waals surface area contributed by atoms with Crippen molar-refractivity contribution in [1.82, 2.24) is 10.3 Å². The summed E-state index contributed by atoms with van der Waals surface area (Å²) in [5.74, 6) is 0.789. The second-order valence-corrected chi connectivity index (χ2v) is 6.94. The topological polar surface area (TPSA) is 24.9 Å². The first-order valence-corrected chi connectivity index (χ1v) is 8.21. The summed E-state index contributed by atoms with van der Waals surface area (Å²) in [7, 11) is 2.04. The minimum atomic E-state index is 0.265. The molecule has 1 atom stereocenters. The standard InChI is InChI=1S/C17H22N2S/c1-11-17(20-12(2)19-11)16(18-3)15-9-5-8-14(10-15)13-6-4-7-13/h5,8-10,13,16,18H,4,6-7H2,1-3H3. The van der Waals surface area contributed by atoms with Crippen molar-refractivity contribution in [2.24, 2.45) is 0 Å². The van der Waals surface area contributed by atoms with Crippen LogP contribution in [0.4, 0.5) is 0 Å². The molecule has 1 aromatic heterocycles. The first-order chi connectivity index (χ1) is 9.69. The van der Waals surface area contributed by atoms with Gasteiger partial charge < -0.3 is 5.32 Å². The van der Waals surface area contributed by atoms with Crippen LogP contribution in [0, 0.1) is 13.8 Å². The number of thiazole rings is 1. The molecule has 0 aliphatic heterocycles. The summed E-state index contributed by atoms with van der Waals surface area (Å²) in [5.41, 5.74) is 4.03. The summed E-state index contributed by atoms with van der Waals surface area (Å²) in [6, 6.07) is 9.37. The molecule has 3 rings (SSSR count). The lowest BCUT2D eigenvalue weighted by molar-refractivity contribution is 0.419. The highest BCUT2D eigenvalue weighted by Gasteiger charge is 2.22. The van der Waals surface area contributed by atoms with Crippen molar-refractivity contribution in [2.75, 3.05) is 7.05 Å². The Morgan fingerprint density at radius 1 is 1.30 bits per heavy atom. The summed E-state index contributed by atoms with van der Waals surface area (Å²) in [4.78, 5) is 5.91. The number of benzene rings is 1. The van der Waals surface area contributed by atoms with Gasteiger partial charge in [-0.1, -0.05) is 30.7 Å². The molecule has 1 aromatic carbocycles. The average Bonchev–Trinajstić information content (AvgIpc) is 2.68. The first-order valence-electron chi connectivity index (χ1n) is 7.40. The van der Waals surface area contributed by atoms with E-state index in [0.29, 0.717) is 0 Å². The Balaban J connectivity index is 1.94. The normalized spacial score (nSPS) is 16.9. The predicted molar refractivity (Wildman–Crippen MR) is 85.5 cm³/mol. The molecular weight excluding hydrogens is 264 g/mol. The van der Waals surface area contributed by atoms with Crippen molar-refractivity contribution in [3.8, 4) is 0 Å². The molecule has 1 fully saturated rings. The molecule has 0 spiro atoms. The summed E-state index contributed by atoms with van der Waals surface area (Å²) < 4.78 is 0. The van der Waals surface area contributed by atoms with Gasteiger partial charge in [-0.05, 0) is 50.8 Å². The number of hydrogen-bond acceptors (Lipinski definition) is 3. The summed E-state index contributed by atoms with van der Waals surface area (Å²) in [5, 5.41) is 4.61. The molecule has 0 saturated heterocycles. The maximum atomic E-state index is 4.57. The predicted octanol–water partition coefficient (Wildman–Crippen LogP) is 4.34. The molecule has 0 amide bonds. The van der Waals surface area contributed by atoms with Gasteiger partial charge in [0.25, 0.3) is 0 Å². The highest BCUT2D eigenvalue weighted by molar-refractivity contribution is 7.11. The number of hydrogen-bond donors (Lipinski definition) is 1. The van der Waals surface area contributed by atoms with Gasteiger partial charge >= 0.3 is 0 Å². The van der Waals surface area contributed by atoms with E-state index in [4.69, 9.17) is 0 Å². The highest BCUT2D eigenvalue weighted by atomic mass is 32.1. The number of nitrogens with zero attached hydrogens (tertiary/aromatic N) is 1. The van der Waals surface area contributed by atoms with E-state index in [1.807, 2.05) is 7.05 Å². The monoisotopic (exact) mass is 286 g/mol. The van der Waals surface area contributed by atoms with Gasteiger partial charge in [-0.3, -0.25) is 0 Å². The van der Waals surface area contributed by atoms with Crippen LogP contribution >= 0.6 is 11.3 Å². The molecule has 3 heteroatoms. The first kappa shape index (κ1) is 13.8. The summed E-state index contributed by atoms with van der Waals surface area (Å²) in [6.45, 7) is 4.19. The minimum absolute atomic E-state index is 0.265. The number of aromatic nitrogens is 1. The van der Waals surface area contributed by atoms with Crippen molar-refractivity contribution in [2.45, 2.75) is 45.1 Å². The van der Waals surface area contributed by atoms with Crippen LogP contribution in [0.25, 0.3) is 0 Å². The van der Waals surface area contributed by atoms with Gasteiger partial charge in [0.2, 0.25) is 0 Å². The van der Waals surface area contributed by atoms with E-state index in [0.717, 1.165) is 16.6 Å². The van der Waals surface area contributed by atoms with E-state index in [1.54, 1.807) is 11.3 Å². The Bertz CT molecular complexity index is 599. The van der Waals surface area contributed by atoms with Crippen LogP contribution < -0.4 is 5.32 Å². The number of aryl methyl sites for hydroxylation is 2. The Kier molecular flexibility index (Phi) is 3.90. The van der Waals surface area contributed by atoms with Gasteiger partial charge in [-0.25, -0.2) is 4.98 Å². The zero-order valence-electron chi connectivity index (χ0n) is 12.4. The van der Waals surface area contributed by atoms with Crippen LogP contribution in [0.15, 0.2) is 24.3 Å². The van der Waals surface area contributed by atoms with Gasteiger partial charge in [-0.15, -0.1) is 11.3 Å². The third kappa shape index (κ3) is 2.52.